The highest BCUT2D eigenvalue weighted by Crippen LogP contribution is 2.25. The standard InChI is InChI=1S/C21H20Cl2N4O2S/c1-29-16-4-2-3-14(11-16)12-19-24-21(30-25-19)27-9-7-26(8-10-27)20(28)15-5-6-17(22)18(23)13-15/h2-6,11,13H,7-10,12H2,1H3. The molecule has 4 rings (SSSR count). The van der Waals surface area contributed by atoms with Crippen molar-refractivity contribution in [3.63, 3.8) is 0 Å². The van der Waals surface area contributed by atoms with Gasteiger partial charge < -0.3 is 14.5 Å². The van der Waals surface area contributed by atoms with Gasteiger partial charge in [-0.1, -0.05) is 35.3 Å². The Kier molecular flexibility index (Phi) is 6.41. The minimum absolute atomic E-state index is 0.0378. The molecule has 30 heavy (non-hydrogen) atoms. The van der Waals surface area contributed by atoms with E-state index in [1.54, 1.807) is 25.3 Å². The van der Waals surface area contributed by atoms with Crippen LogP contribution in [0, 0.1) is 0 Å². The Morgan fingerprint density at radius 1 is 1.10 bits per heavy atom. The van der Waals surface area contributed by atoms with Crippen LogP contribution in [0.15, 0.2) is 42.5 Å². The first-order valence-electron chi connectivity index (χ1n) is 9.48. The fourth-order valence-electron chi connectivity index (χ4n) is 3.32. The minimum atomic E-state index is -0.0378. The topological polar surface area (TPSA) is 58.6 Å². The fourth-order valence-corrected chi connectivity index (χ4v) is 4.36. The summed E-state index contributed by atoms with van der Waals surface area (Å²) < 4.78 is 9.78. The molecule has 0 bridgehead atoms. The molecule has 1 saturated heterocycles. The molecule has 0 unspecified atom stereocenters. The summed E-state index contributed by atoms with van der Waals surface area (Å²) in [6.45, 7) is 2.65. The molecule has 6 nitrogen and oxygen atoms in total. The molecule has 1 aromatic heterocycles. The largest absolute Gasteiger partial charge is 0.497 e. The van der Waals surface area contributed by atoms with Crippen molar-refractivity contribution in [3.05, 3.63) is 69.5 Å². The van der Waals surface area contributed by atoms with Gasteiger partial charge in [-0.2, -0.15) is 4.37 Å². The van der Waals surface area contributed by atoms with Crippen molar-refractivity contribution in [1.29, 1.82) is 0 Å². The molecular formula is C21H20Cl2N4O2S. The van der Waals surface area contributed by atoms with Crippen LogP contribution < -0.4 is 9.64 Å². The molecule has 2 heterocycles. The molecule has 9 heteroatoms. The highest BCUT2D eigenvalue weighted by molar-refractivity contribution is 7.09. The van der Waals surface area contributed by atoms with Gasteiger partial charge in [0, 0.05) is 49.7 Å². The molecular weight excluding hydrogens is 443 g/mol. The predicted molar refractivity (Wildman–Crippen MR) is 120 cm³/mol. The number of rotatable bonds is 5. The average Bonchev–Trinajstić information content (AvgIpc) is 3.24. The van der Waals surface area contributed by atoms with Crippen molar-refractivity contribution in [2.45, 2.75) is 6.42 Å². The van der Waals surface area contributed by atoms with Gasteiger partial charge in [-0.15, -0.1) is 0 Å². The number of piperazine rings is 1. The first-order valence-corrected chi connectivity index (χ1v) is 11.0. The number of halogens is 2. The zero-order valence-corrected chi connectivity index (χ0v) is 18.7. The Balaban J connectivity index is 1.36. The van der Waals surface area contributed by atoms with Gasteiger partial charge in [0.05, 0.1) is 17.2 Å². The Hall–Kier alpha value is -2.35. The average molecular weight is 463 g/mol. The maximum atomic E-state index is 12.7. The number of anilines is 1. The van der Waals surface area contributed by atoms with Crippen LogP contribution in [0.5, 0.6) is 5.75 Å². The number of hydrogen-bond donors (Lipinski definition) is 0. The van der Waals surface area contributed by atoms with E-state index in [4.69, 9.17) is 32.9 Å². The third kappa shape index (κ3) is 4.69. The lowest BCUT2D eigenvalue weighted by Gasteiger charge is -2.34. The number of carbonyl (C=O) groups excluding carboxylic acids is 1. The van der Waals surface area contributed by atoms with Gasteiger partial charge >= 0.3 is 0 Å². The van der Waals surface area contributed by atoms with Crippen molar-refractivity contribution >= 4 is 45.8 Å². The number of aromatic nitrogens is 2. The van der Waals surface area contributed by atoms with Crippen LogP contribution in [0.3, 0.4) is 0 Å². The maximum absolute atomic E-state index is 12.7. The second kappa shape index (κ2) is 9.20. The van der Waals surface area contributed by atoms with Crippen LogP contribution in [0.4, 0.5) is 5.13 Å². The summed E-state index contributed by atoms with van der Waals surface area (Å²) in [7, 11) is 1.66. The molecule has 0 N–H and O–H groups in total. The van der Waals surface area contributed by atoms with Gasteiger partial charge in [-0.05, 0) is 35.9 Å². The minimum Gasteiger partial charge on any atom is -0.497 e. The van der Waals surface area contributed by atoms with Gasteiger partial charge in [0.2, 0.25) is 5.13 Å². The maximum Gasteiger partial charge on any atom is 0.254 e. The van der Waals surface area contributed by atoms with E-state index in [2.05, 4.69) is 9.27 Å². The lowest BCUT2D eigenvalue weighted by molar-refractivity contribution is 0.0747. The predicted octanol–water partition coefficient (Wildman–Crippen LogP) is 4.41. The zero-order valence-electron chi connectivity index (χ0n) is 16.3. The molecule has 1 amide bonds. The van der Waals surface area contributed by atoms with Crippen molar-refractivity contribution in [1.82, 2.24) is 14.3 Å². The number of carbonyl (C=O) groups is 1. The Bertz CT molecular complexity index is 1050. The monoisotopic (exact) mass is 462 g/mol. The second-order valence-corrected chi connectivity index (χ2v) is 8.47. The lowest BCUT2D eigenvalue weighted by atomic mass is 10.1. The van der Waals surface area contributed by atoms with E-state index in [0.717, 1.165) is 22.3 Å². The van der Waals surface area contributed by atoms with Crippen LogP contribution in [-0.2, 0) is 6.42 Å². The van der Waals surface area contributed by atoms with Crippen LogP contribution in [0.25, 0.3) is 0 Å². The summed E-state index contributed by atoms with van der Waals surface area (Å²) in [4.78, 5) is 21.4. The van der Waals surface area contributed by atoms with Crippen molar-refractivity contribution in [2.75, 3.05) is 38.2 Å². The summed E-state index contributed by atoms with van der Waals surface area (Å²) in [5.74, 6) is 1.58. The lowest BCUT2D eigenvalue weighted by Crippen LogP contribution is -2.48. The molecule has 3 aromatic rings. The summed E-state index contributed by atoms with van der Waals surface area (Å²) in [6, 6.07) is 12.9. The zero-order chi connectivity index (χ0) is 21.1. The smallest absolute Gasteiger partial charge is 0.254 e. The molecule has 0 spiro atoms. The summed E-state index contributed by atoms with van der Waals surface area (Å²) in [6.07, 6.45) is 0.656. The summed E-state index contributed by atoms with van der Waals surface area (Å²) >= 11 is 13.4. The molecule has 1 aliphatic rings. The van der Waals surface area contributed by atoms with E-state index in [9.17, 15) is 4.79 Å². The van der Waals surface area contributed by atoms with E-state index < -0.39 is 0 Å². The molecule has 0 atom stereocenters. The van der Waals surface area contributed by atoms with Crippen LogP contribution >= 0.6 is 34.7 Å². The highest BCUT2D eigenvalue weighted by Gasteiger charge is 2.24. The molecule has 0 saturated carbocycles. The molecule has 1 aliphatic heterocycles. The van der Waals surface area contributed by atoms with E-state index in [1.165, 1.54) is 11.5 Å². The number of nitrogens with zero attached hydrogens (tertiary/aromatic N) is 4. The Labute approximate surface area is 189 Å². The van der Waals surface area contributed by atoms with E-state index in [1.807, 2.05) is 29.2 Å². The number of amides is 1. The van der Waals surface area contributed by atoms with Crippen LogP contribution in [0.2, 0.25) is 10.0 Å². The molecule has 156 valence electrons. The fraction of sp³-hybridized carbons (Fsp3) is 0.286. The van der Waals surface area contributed by atoms with Gasteiger partial charge in [-0.3, -0.25) is 4.79 Å². The molecule has 2 aromatic carbocycles. The number of benzene rings is 2. The molecule has 0 aliphatic carbocycles. The Morgan fingerprint density at radius 3 is 2.63 bits per heavy atom. The normalized spacial score (nSPS) is 14.1. The molecule has 1 fully saturated rings. The number of methoxy groups -OCH3 is 1. The first kappa shape index (κ1) is 20.9. The van der Waals surface area contributed by atoms with E-state index in [0.29, 0.717) is 48.2 Å². The van der Waals surface area contributed by atoms with Crippen molar-refractivity contribution < 1.29 is 9.53 Å². The van der Waals surface area contributed by atoms with E-state index >= 15 is 0 Å². The SMILES string of the molecule is COc1cccc(Cc2nsc(N3CCN(C(=O)c4ccc(Cl)c(Cl)c4)CC3)n2)c1. The third-order valence-corrected chi connectivity index (χ3v) is 6.51. The van der Waals surface area contributed by atoms with Gasteiger partial charge in [0.1, 0.15) is 11.6 Å². The van der Waals surface area contributed by atoms with Gasteiger partial charge in [0.15, 0.2) is 0 Å². The Morgan fingerprint density at radius 2 is 1.90 bits per heavy atom. The van der Waals surface area contributed by atoms with Crippen molar-refractivity contribution in [2.24, 2.45) is 0 Å². The quantitative estimate of drug-likeness (QED) is 0.561. The summed E-state index contributed by atoms with van der Waals surface area (Å²) in [5.41, 5.74) is 1.66. The number of hydrogen-bond acceptors (Lipinski definition) is 6. The summed E-state index contributed by atoms with van der Waals surface area (Å²) in [5, 5.41) is 1.71. The second-order valence-electron chi connectivity index (χ2n) is 6.93. The number of ether oxygens (including phenoxy) is 1. The highest BCUT2D eigenvalue weighted by atomic mass is 35.5. The first-order chi connectivity index (χ1) is 14.5. The molecule has 0 radical (unpaired) electrons. The van der Waals surface area contributed by atoms with Crippen LogP contribution in [0.1, 0.15) is 21.7 Å². The van der Waals surface area contributed by atoms with Crippen molar-refractivity contribution in [3.8, 4) is 5.75 Å². The van der Waals surface area contributed by atoms with Crippen LogP contribution in [-0.4, -0.2) is 53.5 Å². The third-order valence-electron chi connectivity index (χ3n) is 4.96. The van der Waals surface area contributed by atoms with Gasteiger partial charge in [-0.25, -0.2) is 4.98 Å². The van der Waals surface area contributed by atoms with Gasteiger partial charge in [0.25, 0.3) is 5.91 Å². The van der Waals surface area contributed by atoms with E-state index in [-0.39, 0.29) is 5.91 Å².